The number of aryl methyl sites for hydroxylation is 2. The molecular weight excluding hydrogens is 264 g/mol. The number of likely N-dealkylation sites (tertiary alicyclic amines) is 1. The van der Waals surface area contributed by atoms with Crippen molar-refractivity contribution in [1.29, 1.82) is 0 Å². The normalized spacial score (nSPS) is 19.1. The summed E-state index contributed by atoms with van der Waals surface area (Å²) in [5.41, 5.74) is 3.41. The number of rotatable bonds is 6. The molecule has 2 rings (SSSR count). The summed E-state index contributed by atoms with van der Waals surface area (Å²) in [7, 11) is 1.95. The third-order valence-electron chi connectivity index (χ3n) is 4.70. The van der Waals surface area contributed by atoms with Crippen LogP contribution in [0.2, 0.25) is 0 Å². The molecule has 5 nitrogen and oxygen atoms in total. The average Bonchev–Trinajstić information content (AvgIpc) is 3.00. The number of hydrogen-bond acceptors (Lipinski definition) is 3. The van der Waals surface area contributed by atoms with Crippen LogP contribution in [0.3, 0.4) is 0 Å². The summed E-state index contributed by atoms with van der Waals surface area (Å²) in [6.07, 6.45) is 3.78. The second kappa shape index (κ2) is 7.07. The highest BCUT2D eigenvalue weighted by atomic mass is 16.1. The Kier molecular flexibility index (Phi) is 5.39. The Morgan fingerprint density at radius 2 is 2.19 bits per heavy atom. The van der Waals surface area contributed by atoms with Crippen molar-refractivity contribution in [3.8, 4) is 0 Å². The average molecular weight is 292 g/mol. The number of likely N-dealkylation sites (N-methyl/N-ethyl adjacent to an activating group) is 1. The molecule has 1 atom stereocenters. The van der Waals surface area contributed by atoms with Gasteiger partial charge in [-0.1, -0.05) is 6.92 Å². The molecule has 0 radical (unpaired) electrons. The zero-order chi connectivity index (χ0) is 15.4. The van der Waals surface area contributed by atoms with E-state index in [2.05, 4.69) is 29.2 Å². The van der Waals surface area contributed by atoms with E-state index >= 15 is 0 Å². The molecule has 118 valence electrons. The number of hydrogen-bond donors (Lipinski definition) is 1. The van der Waals surface area contributed by atoms with E-state index in [0.717, 1.165) is 30.9 Å². The molecular formula is C16H28N4O. The van der Waals surface area contributed by atoms with Crippen molar-refractivity contribution in [1.82, 2.24) is 20.0 Å². The van der Waals surface area contributed by atoms with Crippen LogP contribution >= 0.6 is 0 Å². The molecule has 5 heteroatoms. The predicted molar refractivity (Wildman–Crippen MR) is 84.3 cm³/mol. The molecule has 0 bridgehead atoms. The minimum Gasteiger partial charge on any atom is -0.355 e. The minimum atomic E-state index is 0.153. The van der Waals surface area contributed by atoms with E-state index in [9.17, 15) is 4.79 Å². The molecule has 0 unspecified atom stereocenters. The van der Waals surface area contributed by atoms with Crippen molar-refractivity contribution in [2.75, 3.05) is 19.6 Å². The van der Waals surface area contributed by atoms with Gasteiger partial charge in [0.15, 0.2) is 0 Å². The maximum absolute atomic E-state index is 12.0. The Labute approximate surface area is 127 Å². The Hall–Kier alpha value is -1.36. The lowest BCUT2D eigenvalue weighted by atomic mass is 10.1. The van der Waals surface area contributed by atoms with Gasteiger partial charge in [0.05, 0.1) is 5.69 Å². The largest absolute Gasteiger partial charge is 0.355 e. The zero-order valence-corrected chi connectivity index (χ0v) is 13.8. The summed E-state index contributed by atoms with van der Waals surface area (Å²) in [6, 6.07) is 0.529. The van der Waals surface area contributed by atoms with Crippen molar-refractivity contribution in [2.45, 2.75) is 52.5 Å². The third kappa shape index (κ3) is 3.84. The lowest BCUT2D eigenvalue weighted by Gasteiger charge is -2.22. The van der Waals surface area contributed by atoms with Crippen LogP contribution in [0.4, 0.5) is 0 Å². The smallest absolute Gasteiger partial charge is 0.220 e. The molecule has 1 saturated heterocycles. The number of nitrogens with one attached hydrogen (secondary N) is 1. The standard InChI is InChI=1S/C16H28N4O/c1-5-20-10-6-7-14(20)11-17-16(21)9-8-15-12(2)18-19(4)13(15)3/h14H,5-11H2,1-4H3,(H,17,21)/t14-/m0/s1. The molecule has 1 amide bonds. The molecule has 0 spiro atoms. The van der Waals surface area contributed by atoms with Crippen molar-refractivity contribution in [3.63, 3.8) is 0 Å². The summed E-state index contributed by atoms with van der Waals surface area (Å²) in [6.45, 7) is 9.30. The van der Waals surface area contributed by atoms with Gasteiger partial charge in [-0.05, 0) is 51.8 Å². The Morgan fingerprint density at radius 1 is 1.43 bits per heavy atom. The quantitative estimate of drug-likeness (QED) is 0.866. The lowest BCUT2D eigenvalue weighted by molar-refractivity contribution is -0.121. The van der Waals surface area contributed by atoms with Crippen LogP contribution in [0.25, 0.3) is 0 Å². The van der Waals surface area contributed by atoms with Crippen molar-refractivity contribution >= 4 is 5.91 Å². The van der Waals surface area contributed by atoms with Crippen LogP contribution < -0.4 is 5.32 Å². The highest BCUT2D eigenvalue weighted by Crippen LogP contribution is 2.16. The number of nitrogens with zero attached hydrogens (tertiary/aromatic N) is 3. The van der Waals surface area contributed by atoms with E-state index in [4.69, 9.17) is 0 Å². The Morgan fingerprint density at radius 3 is 2.81 bits per heavy atom. The predicted octanol–water partition coefficient (Wildman–Crippen LogP) is 1.57. The Balaban J connectivity index is 1.77. The monoisotopic (exact) mass is 292 g/mol. The van der Waals surface area contributed by atoms with Gasteiger partial charge >= 0.3 is 0 Å². The molecule has 1 aromatic rings. The molecule has 1 aliphatic rings. The first-order valence-corrected chi connectivity index (χ1v) is 8.02. The molecule has 21 heavy (non-hydrogen) atoms. The fraction of sp³-hybridized carbons (Fsp3) is 0.750. The van der Waals surface area contributed by atoms with E-state index in [1.165, 1.54) is 24.9 Å². The van der Waals surface area contributed by atoms with Crippen LogP contribution in [0.1, 0.15) is 43.1 Å². The van der Waals surface area contributed by atoms with Crippen molar-refractivity contribution in [3.05, 3.63) is 17.0 Å². The van der Waals surface area contributed by atoms with Crippen LogP contribution in [-0.4, -0.2) is 46.3 Å². The van der Waals surface area contributed by atoms with Gasteiger partial charge in [-0.15, -0.1) is 0 Å². The number of carbonyl (C=O) groups is 1. The van der Waals surface area contributed by atoms with Gasteiger partial charge in [-0.3, -0.25) is 14.4 Å². The van der Waals surface area contributed by atoms with E-state index in [0.29, 0.717) is 12.5 Å². The highest BCUT2D eigenvalue weighted by molar-refractivity contribution is 5.76. The molecule has 1 aliphatic heterocycles. The van der Waals surface area contributed by atoms with Crippen molar-refractivity contribution in [2.24, 2.45) is 7.05 Å². The van der Waals surface area contributed by atoms with Gasteiger partial charge in [0, 0.05) is 31.7 Å². The Bertz CT molecular complexity index is 495. The first kappa shape index (κ1) is 16.0. The van der Waals surface area contributed by atoms with Gasteiger partial charge in [0.25, 0.3) is 0 Å². The van der Waals surface area contributed by atoms with Crippen molar-refractivity contribution < 1.29 is 4.79 Å². The summed E-state index contributed by atoms with van der Waals surface area (Å²) in [5, 5.41) is 7.49. The summed E-state index contributed by atoms with van der Waals surface area (Å²) < 4.78 is 1.89. The molecule has 1 fully saturated rings. The highest BCUT2D eigenvalue weighted by Gasteiger charge is 2.23. The topological polar surface area (TPSA) is 50.2 Å². The lowest BCUT2D eigenvalue weighted by Crippen LogP contribution is -2.40. The first-order chi connectivity index (χ1) is 10.0. The second-order valence-electron chi connectivity index (χ2n) is 6.00. The van der Waals surface area contributed by atoms with Gasteiger partial charge in [0.2, 0.25) is 5.91 Å². The molecule has 0 aliphatic carbocycles. The number of carbonyl (C=O) groups excluding carboxylic acids is 1. The van der Waals surface area contributed by atoms with E-state index in [1.807, 2.05) is 18.7 Å². The van der Waals surface area contributed by atoms with Gasteiger partial charge < -0.3 is 5.32 Å². The molecule has 0 saturated carbocycles. The van der Waals surface area contributed by atoms with E-state index < -0.39 is 0 Å². The summed E-state index contributed by atoms with van der Waals surface area (Å²) in [5.74, 6) is 0.153. The fourth-order valence-electron chi connectivity index (χ4n) is 3.28. The second-order valence-corrected chi connectivity index (χ2v) is 6.00. The van der Waals surface area contributed by atoms with Gasteiger partial charge in [-0.2, -0.15) is 5.10 Å². The number of aromatic nitrogens is 2. The number of amides is 1. The fourth-order valence-corrected chi connectivity index (χ4v) is 3.28. The van der Waals surface area contributed by atoms with Crippen LogP contribution in [-0.2, 0) is 18.3 Å². The van der Waals surface area contributed by atoms with Crippen LogP contribution in [0, 0.1) is 13.8 Å². The third-order valence-corrected chi connectivity index (χ3v) is 4.70. The summed E-state index contributed by atoms with van der Waals surface area (Å²) >= 11 is 0. The maximum Gasteiger partial charge on any atom is 0.220 e. The molecule has 0 aromatic carbocycles. The maximum atomic E-state index is 12.0. The van der Waals surface area contributed by atoms with Crippen LogP contribution in [0.15, 0.2) is 0 Å². The van der Waals surface area contributed by atoms with E-state index in [-0.39, 0.29) is 5.91 Å². The SMILES string of the molecule is CCN1CCC[C@H]1CNC(=O)CCc1c(C)nn(C)c1C. The van der Waals surface area contributed by atoms with Gasteiger partial charge in [-0.25, -0.2) is 0 Å². The first-order valence-electron chi connectivity index (χ1n) is 8.02. The van der Waals surface area contributed by atoms with Gasteiger partial charge in [0.1, 0.15) is 0 Å². The zero-order valence-electron chi connectivity index (χ0n) is 13.8. The van der Waals surface area contributed by atoms with E-state index in [1.54, 1.807) is 0 Å². The minimum absolute atomic E-state index is 0.153. The van der Waals surface area contributed by atoms with Crippen LogP contribution in [0.5, 0.6) is 0 Å². The molecule has 2 heterocycles. The summed E-state index contributed by atoms with van der Waals surface area (Å²) in [4.78, 5) is 14.5. The molecule has 1 N–H and O–H groups in total. The molecule has 1 aromatic heterocycles.